The van der Waals surface area contributed by atoms with Crippen LogP contribution in [0.3, 0.4) is 0 Å². The minimum atomic E-state index is -0.131. The number of nitrogens with one attached hydrogen (secondary N) is 2. The maximum atomic E-state index is 3.74. The number of hydrogen-bond acceptors (Lipinski definition) is 2. The zero-order valence-electron chi connectivity index (χ0n) is 12.2. The molecule has 2 atom stereocenters. The lowest BCUT2D eigenvalue weighted by molar-refractivity contribution is 0.123. The van der Waals surface area contributed by atoms with E-state index in [1.165, 1.54) is 11.1 Å². The topological polar surface area (TPSA) is 24.1 Å². The number of rotatable bonds is 2. The first-order valence-corrected chi connectivity index (χ1v) is 7.28. The van der Waals surface area contributed by atoms with E-state index >= 15 is 0 Å². The summed E-state index contributed by atoms with van der Waals surface area (Å²) in [5, 5.41) is 7.48. The molecule has 20 heavy (non-hydrogen) atoms. The number of hydrogen-bond donors (Lipinski definition) is 2. The third-order valence-electron chi connectivity index (χ3n) is 4.78. The molecule has 0 aliphatic carbocycles. The molecule has 1 aliphatic heterocycles. The van der Waals surface area contributed by atoms with Gasteiger partial charge in [-0.1, -0.05) is 60.7 Å². The Labute approximate surface area is 121 Å². The maximum absolute atomic E-state index is 3.74. The van der Waals surface area contributed by atoms with E-state index in [-0.39, 0.29) is 11.1 Å². The molecule has 0 bridgehead atoms. The van der Waals surface area contributed by atoms with Gasteiger partial charge >= 0.3 is 0 Å². The molecule has 2 heteroatoms. The number of piperazine rings is 1. The summed E-state index contributed by atoms with van der Waals surface area (Å²) in [7, 11) is 0. The second kappa shape index (κ2) is 5.04. The smallest absolute Gasteiger partial charge is 0.0630 e. The van der Waals surface area contributed by atoms with E-state index in [1.54, 1.807) is 0 Å². The van der Waals surface area contributed by atoms with Gasteiger partial charge in [-0.05, 0) is 25.0 Å². The van der Waals surface area contributed by atoms with E-state index in [0.717, 1.165) is 13.1 Å². The quantitative estimate of drug-likeness (QED) is 0.873. The van der Waals surface area contributed by atoms with Gasteiger partial charge in [0.1, 0.15) is 0 Å². The Morgan fingerprint density at radius 2 is 1.00 bits per heavy atom. The minimum Gasteiger partial charge on any atom is -0.305 e. The van der Waals surface area contributed by atoms with Gasteiger partial charge in [0.2, 0.25) is 0 Å². The molecule has 2 nitrogen and oxygen atoms in total. The molecule has 0 aromatic heterocycles. The molecule has 0 amide bonds. The van der Waals surface area contributed by atoms with Crippen molar-refractivity contribution >= 4 is 0 Å². The summed E-state index contributed by atoms with van der Waals surface area (Å²) in [6, 6.07) is 21.4. The van der Waals surface area contributed by atoms with Gasteiger partial charge in [0.25, 0.3) is 0 Å². The van der Waals surface area contributed by atoms with Crippen molar-refractivity contribution in [3.63, 3.8) is 0 Å². The zero-order valence-corrected chi connectivity index (χ0v) is 12.2. The van der Waals surface area contributed by atoms with Crippen LogP contribution >= 0.6 is 0 Å². The zero-order chi connectivity index (χ0) is 14.1. The summed E-state index contributed by atoms with van der Waals surface area (Å²) in [5.74, 6) is 0. The fourth-order valence-corrected chi connectivity index (χ4v) is 3.30. The first kappa shape index (κ1) is 13.3. The monoisotopic (exact) mass is 266 g/mol. The second-order valence-electron chi connectivity index (χ2n) is 5.84. The van der Waals surface area contributed by atoms with E-state index < -0.39 is 0 Å². The summed E-state index contributed by atoms with van der Waals surface area (Å²) in [4.78, 5) is 0. The van der Waals surface area contributed by atoms with E-state index in [2.05, 4.69) is 85.1 Å². The average Bonchev–Trinajstić information content (AvgIpc) is 2.52. The molecule has 0 spiro atoms. The summed E-state index contributed by atoms with van der Waals surface area (Å²) < 4.78 is 0. The van der Waals surface area contributed by atoms with Crippen molar-refractivity contribution in [3.8, 4) is 0 Å². The van der Waals surface area contributed by atoms with Crippen molar-refractivity contribution in [2.24, 2.45) is 0 Å². The molecule has 104 valence electrons. The Kier molecular flexibility index (Phi) is 3.36. The van der Waals surface area contributed by atoms with Crippen LogP contribution in [0.4, 0.5) is 0 Å². The lowest BCUT2D eigenvalue weighted by atomic mass is 9.69. The fraction of sp³-hybridized carbons (Fsp3) is 0.333. The maximum Gasteiger partial charge on any atom is 0.0630 e. The van der Waals surface area contributed by atoms with E-state index in [9.17, 15) is 0 Å². The summed E-state index contributed by atoms with van der Waals surface area (Å²) in [6.07, 6.45) is 0. The molecular formula is C18H22N2. The fourth-order valence-electron chi connectivity index (χ4n) is 3.30. The van der Waals surface area contributed by atoms with Crippen molar-refractivity contribution < 1.29 is 0 Å². The summed E-state index contributed by atoms with van der Waals surface area (Å²) in [5.41, 5.74) is 2.37. The van der Waals surface area contributed by atoms with Gasteiger partial charge in [0.15, 0.2) is 0 Å². The largest absolute Gasteiger partial charge is 0.305 e. The van der Waals surface area contributed by atoms with E-state index in [1.807, 2.05) is 0 Å². The van der Waals surface area contributed by atoms with Crippen LogP contribution in [-0.2, 0) is 11.1 Å². The molecule has 2 N–H and O–H groups in total. The highest BCUT2D eigenvalue weighted by molar-refractivity contribution is 5.37. The minimum absolute atomic E-state index is 0.131. The first-order chi connectivity index (χ1) is 9.67. The van der Waals surface area contributed by atoms with Gasteiger partial charge in [-0.15, -0.1) is 0 Å². The molecule has 0 saturated carbocycles. The predicted octanol–water partition coefficient (Wildman–Crippen LogP) is 3.01. The van der Waals surface area contributed by atoms with Crippen molar-refractivity contribution in [2.45, 2.75) is 24.9 Å². The Morgan fingerprint density at radius 3 is 1.35 bits per heavy atom. The third-order valence-corrected chi connectivity index (χ3v) is 4.78. The highest BCUT2D eigenvalue weighted by Gasteiger charge is 2.48. The van der Waals surface area contributed by atoms with Gasteiger partial charge < -0.3 is 10.6 Å². The van der Waals surface area contributed by atoms with Gasteiger partial charge in [0.05, 0.1) is 11.1 Å². The van der Waals surface area contributed by atoms with Crippen LogP contribution < -0.4 is 10.6 Å². The highest BCUT2D eigenvalue weighted by Crippen LogP contribution is 2.41. The lowest BCUT2D eigenvalue weighted by Gasteiger charge is -2.52. The van der Waals surface area contributed by atoms with Crippen molar-refractivity contribution in [3.05, 3.63) is 71.8 Å². The second-order valence-corrected chi connectivity index (χ2v) is 5.84. The third kappa shape index (κ3) is 1.96. The van der Waals surface area contributed by atoms with Crippen LogP contribution in [0.2, 0.25) is 0 Å². The summed E-state index contributed by atoms with van der Waals surface area (Å²) in [6.45, 7) is 6.55. The van der Waals surface area contributed by atoms with Crippen LogP contribution in [0.25, 0.3) is 0 Å². The normalized spacial score (nSPS) is 30.1. The Hall–Kier alpha value is -1.64. The summed E-state index contributed by atoms with van der Waals surface area (Å²) >= 11 is 0. The molecule has 0 unspecified atom stereocenters. The molecule has 0 radical (unpaired) electrons. The van der Waals surface area contributed by atoms with Crippen LogP contribution in [-0.4, -0.2) is 13.1 Å². The number of benzene rings is 2. The molecule has 1 saturated heterocycles. The van der Waals surface area contributed by atoms with Crippen LogP contribution in [0, 0.1) is 0 Å². The Balaban J connectivity index is 2.12. The molecule has 3 rings (SSSR count). The van der Waals surface area contributed by atoms with Crippen LogP contribution in [0.15, 0.2) is 60.7 Å². The first-order valence-electron chi connectivity index (χ1n) is 7.28. The van der Waals surface area contributed by atoms with Crippen molar-refractivity contribution in [1.29, 1.82) is 0 Å². The molecular weight excluding hydrogens is 244 g/mol. The van der Waals surface area contributed by atoms with E-state index in [4.69, 9.17) is 0 Å². The standard InChI is InChI=1S/C18H22N2/c1-17(15-9-5-3-6-10-15)18(2,20-14-13-19-17)16-11-7-4-8-12-16/h3-12,19-20H,13-14H2,1-2H3/t17-,18-/m1/s1. The SMILES string of the molecule is C[C@]1(c2ccccc2)NCCN[C@]1(C)c1ccccc1. The van der Waals surface area contributed by atoms with Gasteiger partial charge in [0, 0.05) is 13.1 Å². The van der Waals surface area contributed by atoms with Crippen molar-refractivity contribution in [2.75, 3.05) is 13.1 Å². The van der Waals surface area contributed by atoms with Gasteiger partial charge in [-0.25, -0.2) is 0 Å². The van der Waals surface area contributed by atoms with Gasteiger partial charge in [-0.2, -0.15) is 0 Å². The van der Waals surface area contributed by atoms with Gasteiger partial charge in [-0.3, -0.25) is 0 Å². The molecule has 1 aliphatic rings. The molecule has 1 fully saturated rings. The molecule has 2 aromatic carbocycles. The Bertz CT molecular complexity index is 513. The Morgan fingerprint density at radius 1 is 0.650 bits per heavy atom. The van der Waals surface area contributed by atoms with E-state index in [0.29, 0.717) is 0 Å². The predicted molar refractivity (Wildman–Crippen MR) is 83.6 cm³/mol. The molecule has 2 aromatic rings. The van der Waals surface area contributed by atoms with Crippen molar-refractivity contribution in [1.82, 2.24) is 10.6 Å². The van der Waals surface area contributed by atoms with Crippen LogP contribution in [0.5, 0.6) is 0 Å². The van der Waals surface area contributed by atoms with Crippen LogP contribution in [0.1, 0.15) is 25.0 Å². The lowest BCUT2D eigenvalue weighted by Crippen LogP contribution is -2.67. The molecule has 1 heterocycles. The average molecular weight is 266 g/mol. The highest BCUT2D eigenvalue weighted by atomic mass is 15.2.